The Morgan fingerprint density at radius 3 is 2.81 bits per heavy atom. The average molecular weight is 472 g/mol. The van der Waals surface area contributed by atoms with E-state index in [-0.39, 0.29) is 18.3 Å². The number of hydrogen-bond acceptors (Lipinski definition) is 7. The summed E-state index contributed by atoms with van der Waals surface area (Å²) in [6.07, 6.45) is 5.58. The molecule has 0 spiro atoms. The van der Waals surface area contributed by atoms with Gasteiger partial charge in [0.05, 0.1) is 0 Å². The highest BCUT2D eigenvalue weighted by Gasteiger charge is 2.38. The topological polar surface area (TPSA) is 95.5 Å². The van der Waals surface area contributed by atoms with Crippen LogP contribution in [-0.4, -0.2) is 43.4 Å². The van der Waals surface area contributed by atoms with E-state index in [2.05, 4.69) is 44.7 Å². The van der Waals surface area contributed by atoms with E-state index in [0.717, 1.165) is 25.1 Å². The summed E-state index contributed by atoms with van der Waals surface area (Å²) in [4.78, 5) is 25.4. The minimum atomic E-state index is -3.78. The Labute approximate surface area is 192 Å². The van der Waals surface area contributed by atoms with E-state index in [1.165, 1.54) is 40.9 Å². The summed E-state index contributed by atoms with van der Waals surface area (Å²) in [5, 5.41) is 1.99. The molecule has 0 saturated carbocycles. The predicted molar refractivity (Wildman–Crippen MR) is 127 cm³/mol. The lowest BCUT2D eigenvalue weighted by Crippen LogP contribution is -2.44. The van der Waals surface area contributed by atoms with E-state index in [9.17, 15) is 13.2 Å². The molecule has 0 aliphatic carbocycles. The van der Waals surface area contributed by atoms with Crippen LogP contribution in [-0.2, 0) is 21.2 Å². The molecule has 32 heavy (non-hydrogen) atoms. The van der Waals surface area contributed by atoms with Gasteiger partial charge in [0, 0.05) is 38.0 Å². The van der Waals surface area contributed by atoms with Gasteiger partial charge in [0.15, 0.2) is 5.13 Å². The number of fused-ring (bicyclic) bond motifs is 1. The summed E-state index contributed by atoms with van der Waals surface area (Å²) in [7, 11) is -3.78. The van der Waals surface area contributed by atoms with Crippen molar-refractivity contribution in [1.29, 1.82) is 0 Å². The van der Waals surface area contributed by atoms with E-state index in [4.69, 9.17) is 0 Å². The number of amides is 1. The lowest BCUT2D eigenvalue weighted by Gasteiger charge is -2.35. The predicted octanol–water partition coefficient (Wildman–Crippen LogP) is 3.45. The van der Waals surface area contributed by atoms with Crippen molar-refractivity contribution in [1.82, 2.24) is 9.97 Å². The number of thiazole rings is 1. The lowest BCUT2D eigenvalue weighted by molar-refractivity contribution is -0.118. The first-order chi connectivity index (χ1) is 15.4. The molecule has 1 N–H and O–H groups in total. The maximum Gasteiger partial charge on any atom is 0.265 e. The summed E-state index contributed by atoms with van der Waals surface area (Å²) in [5.41, 5.74) is 3.67. The number of pyridine rings is 1. The molecule has 1 aromatic carbocycles. The van der Waals surface area contributed by atoms with Gasteiger partial charge in [-0.05, 0) is 49.9 Å². The van der Waals surface area contributed by atoms with Crippen molar-refractivity contribution < 1.29 is 14.6 Å². The highest BCUT2D eigenvalue weighted by atomic mass is 32.2. The number of aryl methyl sites for hydroxylation is 2. The Bertz CT molecular complexity index is 1250. The van der Waals surface area contributed by atoms with Crippen molar-refractivity contribution in [3.8, 4) is 0 Å². The standard InChI is InChI=1S/C22H23N5O3S2.H2/c1-15-4-6-18-16(13-15)3-2-10-26(18)19-8-11-27(21(19)28)20-7-5-17(14-24-20)32(29,30)25-22-23-9-12-31-22;/h4-7,9,12-14,19H,2-3,8,10-11H2,1H3,(H,23,25);1H/t19-;/m0./s1. The summed E-state index contributed by atoms with van der Waals surface area (Å²) in [5.74, 6) is 0.467. The number of nitrogens with one attached hydrogen (secondary N) is 1. The smallest absolute Gasteiger partial charge is 0.265 e. The third kappa shape index (κ3) is 3.84. The van der Waals surface area contributed by atoms with Gasteiger partial charge < -0.3 is 4.90 Å². The van der Waals surface area contributed by atoms with Crippen molar-refractivity contribution in [2.75, 3.05) is 27.6 Å². The van der Waals surface area contributed by atoms with Crippen LogP contribution in [0, 0.1) is 6.92 Å². The van der Waals surface area contributed by atoms with Crippen LogP contribution < -0.4 is 14.5 Å². The summed E-state index contributed by atoms with van der Waals surface area (Å²) in [6.45, 7) is 3.49. The van der Waals surface area contributed by atoms with Crippen LogP contribution in [0.5, 0.6) is 0 Å². The van der Waals surface area contributed by atoms with E-state index in [1.807, 2.05) is 0 Å². The zero-order valence-electron chi connectivity index (χ0n) is 17.6. The van der Waals surface area contributed by atoms with Crippen LogP contribution >= 0.6 is 11.3 Å². The van der Waals surface area contributed by atoms with Crippen molar-refractivity contribution in [3.05, 3.63) is 59.2 Å². The number of anilines is 3. The van der Waals surface area contributed by atoms with Gasteiger partial charge in [0.2, 0.25) is 0 Å². The molecular formula is C22H25N5O3S2. The van der Waals surface area contributed by atoms with Gasteiger partial charge in [0.25, 0.3) is 15.9 Å². The molecule has 2 aliphatic heterocycles. The van der Waals surface area contributed by atoms with Gasteiger partial charge in [-0.1, -0.05) is 17.7 Å². The third-order valence-corrected chi connectivity index (χ3v) is 8.05. The average Bonchev–Trinajstić information content (AvgIpc) is 3.42. The van der Waals surface area contributed by atoms with Crippen molar-refractivity contribution in [2.45, 2.75) is 37.1 Å². The molecule has 5 rings (SSSR count). The second kappa shape index (κ2) is 8.18. The highest BCUT2D eigenvalue weighted by molar-refractivity contribution is 7.93. The molecule has 2 aromatic heterocycles. The summed E-state index contributed by atoms with van der Waals surface area (Å²) < 4.78 is 27.5. The van der Waals surface area contributed by atoms with Gasteiger partial charge in [-0.2, -0.15) is 0 Å². The quantitative estimate of drug-likeness (QED) is 0.612. The Kier molecular flexibility index (Phi) is 5.34. The summed E-state index contributed by atoms with van der Waals surface area (Å²) in [6, 6.07) is 9.25. The van der Waals surface area contributed by atoms with E-state index in [1.54, 1.807) is 16.3 Å². The van der Waals surface area contributed by atoms with Crippen molar-refractivity contribution in [3.63, 3.8) is 0 Å². The molecule has 4 heterocycles. The molecule has 0 bridgehead atoms. The number of rotatable bonds is 5. The van der Waals surface area contributed by atoms with Crippen LogP contribution in [0.4, 0.5) is 16.6 Å². The third-order valence-electron chi connectivity index (χ3n) is 5.90. The fourth-order valence-corrected chi connectivity index (χ4v) is 6.13. The Hall–Kier alpha value is -2.98. The monoisotopic (exact) mass is 471 g/mol. The molecule has 1 atom stereocenters. The van der Waals surface area contributed by atoms with Crippen LogP contribution in [0.2, 0.25) is 0 Å². The van der Waals surface area contributed by atoms with E-state index in [0.29, 0.717) is 23.9 Å². The number of sulfonamides is 1. The number of carbonyl (C=O) groups excluding carboxylic acids is 1. The minimum absolute atomic E-state index is 0. The van der Waals surface area contributed by atoms with Crippen LogP contribution in [0.25, 0.3) is 0 Å². The molecule has 1 amide bonds. The van der Waals surface area contributed by atoms with Crippen LogP contribution in [0.3, 0.4) is 0 Å². The lowest BCUT2D eigenvalue weighted by atomic mass is 9.97. The molecule has 3 aromatic rings. The number of benzene rings is 1. The molecule has 10 heteroatoms. The molecule has 2 aliphatic rings. The second-order valence-electron chi connectivity index (χ2n) is 8.02. The van der Waals surface area contributed by atoms with Crippen LogP contribution in [0.15, 0.2) is 53.0 Å². The molecule has 8 nitrogen and oxygen atoms in total. The number of carbonyl (C=O) groups is 1. The number of nitrogens with zero attached hydrogens (tertiary/aromatic N) is 4. The molecule has 168 valence electrons. The first kappa shape index (κ1) is 20.9. The number of hydrogen-bond donors (Lipinski definition) is 1. The maximum atomic E-state index is 13.3. The van der Waals surface area contributed by atoms with Crippen molar-refractivity contribution >= 4 is 43.9 Å². The molecular weight excluding hydrogens is 446 g/mol. The zero-order chi connectivity index (χ0) is 22.3. The second-order valence-corrected chi connectivity index (χ2v) is 10.6. The molecule has 1 fully saturated rings. The fraction of sp³-hybridized carbons (Fsp3) is 0.318. The molecule has 1 saturated heterocycles. The largest absolute Gasteiger partial charge is 0.359 e. The molecule has 0 radical (unpaired) electrons. The number of aromatic nitrogens is 2. The zero-order valence-corrected chi connectivity index (χ0v) is 19.2. The highest BCUT2D eigenvalue weighted by Crippen LogP contribution is 2.33. The van der Waals surface area contributed by atoms with Gasteiger partial charge in [0.1, 0.15) is 16.8 Å². The Morgan fingerprint density at radius 2 is 2.06 bits per heavy atom. The van der Waals surface area contributed by atoms with Gasteiger partial charge in [-0.15, -0.1) is 11.3 Å². The normalized spacial score (nSPS) is 18.7. The minimum Gasteiger partial charge on any atom is -0.359 e. The Balaban J connectivity index is 0.00000259. The first-order valence-corrected chi connectivity index (χ1v) is 12.8. The maximum absolute atomic E-state index is 13.3. The van der Waals surface area contributed by atoms with Crippen LogP contribution in [0.1, 0.15) is 25.4 Å². The van der Waals surface area contributed by atoms with Crippen molar-refractivity contribution in [2.24, 2.45) is 0 Å². The van der Waals surface area contributed by atoms with E-state index >= 15 is 0 Å². The van der Waals surface area contributed by atoms with E-state index < -0.39 is 10.0 Å². The van der Waals surface area contributed by atoms with Gasteiger partial charge in [-0.3, -0.25) is 14.4 Å². The van der Waals surface area contributed by atoms with Gasteiger partial charge >= 0.3 is 0 Å². The fourth-order valence-electron chi connectivity index (χ4n) is 4.40. The first-order valence-electron chi connectivity index (χ1n) is 10.5. The SMILES string of the molecule is Cc1ccc2c(c1)CCCN2[C@H]1CCN(c2ccc(S(=O)(=O)Nc3nccs3)cn2)C1=O.[HH]. The van der Waals surface area contributed by atoms with Gasteiger partial charge in [-0.25, -0.2) is 18.4 Å². The summed E-state index contributed by atoms with van der Waals surface area (Å²) >= 11 is 1.20. The Morgan fingerprint density at radius 1 is 1.19 bits per heavy atom. The molecule has 0 unspecified atom stereocenters.